The van der Waals surface area contributed by atoms with Gasteiger partial charge in [0.25, 0.3) is 0 Å². The first kappa shape index (κ1) is 25.8. The number of para-hydroxylation sites is 1. The molecule has 1 fully saturated rings. The number of anilines is 4. The second-order valence-electron chi connectivity index (χ2n) is 10.8. The number of ether oxygens (including phenoxy) is 1. The average molecular weight is 545 g/mol. The number of aromatic nitrogens is 3. The van der Waals surface area contributed by atoms with E-state index in [0.29, 0.717) is 17.7 Å². The average Bonchev–Trinajstić information content (AvgIpc) is 3.46. The lowest BCUT2D eigenvalue weighted by Crippen LogP contribution is -2.29. The Labute approximate surface area is 232 Å². The van der Waals surface area contributed by atoms with Gasteiger partial charge in [-0.1, -0.05) is 26.0 Å². The SMILES string of the molecule is Cc1cc2c(cc1C1CCNCC1)OC(C)N2c1nc(Nc2ccccc2S(=O)C(C)C)c2c(C)c[nH]c2n1. The fraction of sp³-hybridized carbons (Fsp3) is 0.400. The molecule has 2 aliphatic heterocycles. The van der Waals surface area contributed by atoms with Crippen molar-refractivity contribution in [1.29, 1.82) is 0 Å². The first-order valence-corrected chi connectivity index (χ1v) is 15.0. The van der Waals surface area contributed by atoms with Gasteiger partial charge in [-0.3, -0.25) is 9.11 Å². The Kier molecular flexibility index (Phi) is 6.81. The van der Waals surface area contributed by atoms with Gasteiger partial charge in [-0.05, 0) is 93.6 Å². The maximum Gasteiger partial charge on any atom is 0.237 e. The van der Waals surface area contributed by atoms with E-state index in [0.717, 1.165) is 64.5 Å². The van der Waals surface area contributed by atoms with E-state index >= 15 is 0 Å². The topological polar surface area (TPSA) is 95.2 Å². The molecule has 0 amide bonds. The van der Waals surface area contributed by atoms with Gasteiger partial charge in [0, 0.05) is 11.4 Å². The predicted molar refractivity (Wildman–Crippen MR) is 158 cm³/mol. The van der Waals surface area contributed by atoms with Gasteiger partial charge in [-0.15, -0.1) is 0 Å². The minimum Gasteiger partial charge on any atom is -0.468 e. The highest BCUT2D eigenvalue weighted by atomic mass is 32.2. The molecule has 6 rings (SSSR count). The molecule has 204 valence electrons. The summed E-state index contributed by atoms with van der Waals surface area (Å²) in [4.78, 5) is 16.1. The van der Waals surface area contributed by atoms with Crippen molar-refractivity contribution in [2.24, 2.45) is 0 Å². The zero-order valence-corrected chi connectivity index (χ0v) is 24.0. The molecule has 0 aliphatic carbocycles. The van der Waals surface area contributed by atoms with Crippen LogP contribution in [0.25, 0.3) is 11.0 Å². The van der Waals surface area contributed by atoms with E-state index in [1.165, 1.54) is 11.1 Å². The first-order valence-electron chi connectivity index (χ1n) is 13.7. The van der Waals surface area contributed by atoms with Crippen LogP contribution < -0.4 is 20.3 Å². The van der Waals surface area contributed by atoms with Crippen LogP contribution in [0.4, 0.5) is 23.1 Å². The number of nitrogens with one attached hydrogen (secondary N) is 3. The highest BCUT2D eigenvalue weighted by Crippen LogP contribution is 2.45. The third-order valence-electron chi connectivity index (χ3n) is 7.76. The zero-order valence-electron chi connectivity index (χ0n) is 23.2. The summed E-state index contributed by atoms with van der Waals surface area (Å²) >= 11 is 0. The normalized spacial score (nSPS) is 18.4. The Balaban J connectivity index is 1.42. The van der Waals surface area contributed by atoms with Crippen molar-refractivity contribution in [2.45, 2.75) is 69.8 Å². The van der Waals surface area contributed by atoms with E-state index in [-0.39, 0.29) is 11.5 Å². The molecule has 0 bridgehead atoms. The molecule has 4 heterocycles. The van der Waals surface area contributed by atoms with E-state index in [1.54, 1.807) is 0 Å². The number of piperidine rings is 1. The molecule has 2 unspecified atom stereocenters. The van der Waals surface area contributed by atoms with Crippen LogP contribution in [-0.2, 0) is 10.8 Å². The van der Waals surface area contributed by atoms with Gasteiger partial charge in [0.05, 0.1) is 32.5 Å². The van der Waals surface area contributed by atoms with Crippen molar-refractivity contribution in [3.05, 3.63) is 59.3 Å². The van der Waals surface area contributed by atoms with E-state index in [2.05, 4.69) is 39.6 Å². The van der Waals surface area contributed by atoms with Gasteiger partial charge in [0.2, 0.25) is 5.95 Å². The van der Waals surface area contributed by atoms with Crippen LogP contribution in [0.5, 0.6) is 5.75 Å². The lowest BCUT2D eigenvalue weighted by atomic mass is 9.87. The Morgan fingerprint density at radius 3 is 2.64 bits per heavy atom. The summed E-state index contributed by atoms with van der Waals surface area (Å²) in [6.07, 6.45) is 3.97. The lowest BCUT2D eigenvalue weighted by Gasteiger charge is -2.25. The highest BCUT2D eigenvalue weighted by molar-refractivity contribution is 7.85. The molecule has 2 aliphatic rings. The highest BCUT2D eigenvalue weighted by Gasteiger charge is 2.33. The second kappa shape index (κ2) is 10.3. The van der Waals surface area contributed by atoms with E-state index < -0.39 is 10.8 Å². The fourth-order valence-electron chi connectivity index (χ4n) is 5.75. The van der Waals surface area contributed by atoms with Crippen LogP contribution in [0.1, 0.15) is 56.2 Å². The minimum absolute atomic E-state index is 0.0000254. The third kappa shape index (κ3) is 4.67. The lowest BCUT2D eigenvalue weighted by molar-refractivity contribution is 0.254. The molecule has 9 heteroatoms. The maximum absolute atomic E-state index is 13.1. The molecule has 2 aromatic heterocycles. The molecule has 0 radical (unpaired) electrons. The molecule has 1 saturated heterocycles. The Morgan fingerprint density at radius 1 is 1.10 bits per heavy atom. The van der Waals surface area contributed by atoms with Crippen LogP contribution in [0.2, 0.25) is 0 Å². The van der Waals surface area contributed by atoms with Gasteiger partial charge in [-0.2, -0.15) is 9.97 Å². The van der Waals surface area contributed by atoms with E-state index in [1.807, 2.05) is 58.2 Å². The zero-order chi connectivity index (χ0) is 27.3. The molecule has 0 spiro atoms. The fourth-order valence-corrected chi connectivity index (χ4v) is 6.80. The Morgan fingerprint density at radius 2 is 1.87 bits per heavy atom. The molecule has 8 nitrogen and oxygen atoms in total. The number of nitrogens with zero attached hydrogens (tertiary/aromatic N) is 3. The standard InChI is InChI=1S/C30H36N6O2S/c1-17(2)39(37)26-9-7-6-8-23(26)33-29-27-19(4)16-32-28(27)34-30(35-29)36-20(5)38-25-15-22(18(3)14-24(25)36)21-10-12-31-13-11-21/h6-9,14-17,20-21,31H,10-13H2,1-5H3,(H2,32,33,34,35). The van der Waals surface area contributed by atoms with Gasteiger partial charge >= 0.3 is 0 Å². The van der Waals surface area contributed by atoms with Crippen LogP contribution >= 0.6 is 0 Å². The predicted octanol–water partition coefficient (Wildman–Crippen LogP) is 6.18. The van der Waals surface area contributed by atoms with Crippen molar-refractivity contribution in [1.82, 2.24) is 20.3 Å². The minimum atomic E-state index is -1.15. The largest absolute Gasteiger partial charge is 0.468 e. The Bertz CT molecular complexity index is 1560. The van der Waals surface area contributed by atoms with Gasteiger partial charge in [0.1, 0.15) is 17.2 Å². The van der Waals surface area contributed by atoms with Crippen molar-refractivity contribution >= 4 is 45.0 Å². The second-order valence-corrected chi connectivity index (χ2v) is 12.8. The van der Waals surface area contributed by atoms with Crippen molar-refractivity contribution in [2.75, 3.05) is 23.3 Å². The summed E-state index contributed by atoms with van der Waals surface area (Å²) < 4.78 is 19.4. The van der Waals surface area contributed by atoms with E-state index in [4.69, 9.17) is 14.7 Å². The molecule has 3 N–H and O–H groups in total. The van der Waals surface area contributed by atoms with E-state index in [9.17, 15) is 4.21 Å². The summed E-state index contributed by atoms with van der Waals surface area (Å²) in [6.45, 7) is 12.3. The number of rotatable bonds is 6. The molecule has 0 saturated carbocycles. The van der Waals surface area contributed by atoms with Gasteiger partial charge in [-0.25, -0.2) is 0 Å². The smallest absolute Gasteiger partial charge is 0.237 e. The molecular formula is C30H36N6O2S. The number of H-pyrrole nitrogens is 1. The van der Waals surface area contributed by atoms with Crippen LogP contribution in [0.15, 0.2) is 47.5 Å². The summed E-state index contributed by atoms with van der Waals surface area (Å²) in [5.41, 5.74) is 6.18. The quantitative estimate of drug-likeness (QED) is 0.267. The summed E-state index contributed by atoms with van der Waals surface area (Å²) in [7, 11) is -1.15. The van der Waals surface area contributed by atoms with Gasteiger partial charge in [0.15, 0.2) is 6.23 Å². The van der Waals surface area contributed by atoms with Crippen molar-refractivity contribution in [3.63, 3.8) is 0 Å². The number of fused-ring (bicyclic) bond motifs is 2. The third-order valence-corrected chi connectivity index (χ3v) is 9.41. The van der Waals surface area contributed by atoms with Crippen LogP contribution in [0.3, 0.4) is 0 Å². The number of hydrogen-bond acceptors (Lipinski definition) is 7. The summed E-state index contributed by atoms with van der Waals surface area (Å²) in [6, 6.07) is 12.2. The summed E-state index contributed by atoms with van der Waals surface area (Å²) in [5.74, 6) is 2.65. The molecule has 4 aromatic rings. The number of benzene rings is 2. The Hall–Kier alpha value is -3.43. The molecule has 2 atom stereocenters. The number of hydrogen-bond donors (Lipinski definition) is 3. The van der Waals surface area contributed by atoms with Gasteiger partial charge < -0.3 is 20.4 Å². The number of aromatic amines is 1. The molecular weight excluding hydrogens is 508 g/mol. The van der Waals surface area contributed by atoms with Crippen molar-refractivity contribution in [3.8, 4) is 5.75 Å². The molecule has 39 heavy (non-hydrogen) atoms. The summed E-state index contributed by atoms with van der Waals surface area (Å²) in [5, 5.41) is 7.88. The number of aryl methyl sites for hydroxylation is 2. The van der Waals surface area contributed by atoms with Crippen LogP contribution in [-0.4, -0.2) is 43.7 Å². The van der Waals surface area contributed by atoms with Crippen LogP contribution in [0, 0.1) is 13.8 Å². The first-order chi connectivity index (χ1) is 18.8. The maximum atomic E-state index is 13.1. The van der Waals surface area contributed by atoms with Crippen molar-refractivity contribution < 1.29 is 8.95 Å². The molecule has 2 aromatic carbocycles. The monoisotopic (exact) mass is 544 g/mol.